The van der Waals surface area contributed by atoms with Crippen LogP contribution in [0, 0.1) is 6.92 Å². The van der Waals surface area contributed by atoms with Gasteiger partial charge in [-0.2, -0.15) is 0 Å². The van der Waals surface area contributed by atoms with Crippen LogP contribution < -0.4 is 10.6 Å². The Morgan fingerprint density at radius 3 is 2.67 bits per heavy atom. The molecule has 0 aromatic heterocycles. The molecule has 0 aliphatic rings. The fourth-order valence-electron chi connectivity index (χ4n) is 0.921. The second-order valence-electron chi connectivity index (χ2n) is 2.75. The summed E-state index contributed by atoms with van der Waals surface area (Å²) in [5, 5.41) is 3.83. The summed E-state index contributed by atoms with van der Waals surface area (Å²) in [4.78, 5) is 10.7. The van der Waals surface area contributed by atoms with Crippen LogP contribution in [0.4, 0.5) is 5.69 Å². The molecule has 0 aliphatic carbocycles. The van der Waals surface area contributed by atoms with E-state index in [1.165, 1.54) is 12.5 Å². The Balaban J connectivity index is 2.89. The summed E-state index contributed by atoms with van der Waals surface area (Å²) < 4.78 is 0. The summed E-state index contributed by atoms with van der Waals surface area (Å²) in [6.45, 7) is 3.53. The number of rotatable bonds is 1. The molecule has 0 fully saturated rings. The molecule has 2 nitrogen and oxygen atoms in total. The van der Waals surface area contributed by atoms with Gasteiger partial charge in [-0.3, -0.25) is 4.79 Å². The SMILES string of the molecule is CC(=O)Nc1ccc(C)c(P)c1. The molecule has 1 atom stereocenters. The first-order chi connectivity index (χ1) is 5.59. The van der Waals surface area contributed by atoms with Crippen LogP contribution in [0.15, 0.2) is 18.2 Å². The number of hydrogen-bond donors (Lipinski definition) is 1. The van der Waals surface area contributed by atoms with Crippen LogP contribution in [-0.4, -0.2) is 5.91 Å². The molecule has 0 saturated heterocycles. The van der Waals surface area contributed by atoms with E-state index in [2.05, 4.69) is 14.6 Å². The highest BCUT2D eigenvalue weighted by Gasteiger charge is 1.96. The van der Waals surface area contributed by atoms with Gasteiger partial charge in [-0.1, -0.05) is 6.07 Å². The number of carbonyl (C=O) groups is 1. The molecule has 0 bridgehead atoms. The minimum Gasteiger partial charge on any atom is -0.326 e. The predicted octanol–water partition coefficient (Wildman–Crippen LogP) is 1.45. The molecular weight excluding hydrogens is 169 g/mol. The standard InChI is InChI=1S/C9H12NOP/c1-6-3-4-8(5-9(6)12)10-7(2)11/h3-5H,12H2,1-2H3,(H,10,11). The highest BCUT2D eigenvalue weighted by molar-refractivity contribution is 7.27. The first-order valence-electron chi connectivity index (χ1n) is 3.73. The molecule has 3 heteroatoms. The fraction of sp³-hybridized carbons (Fsp3) is 0.222. The number of hydrogen-bond acceptors (Lipinski definition) is 1. The summed E-state index contributed by atoms with van der Waals surface area (Å²) in [5.41, 5.74) is 2.05. The number of aryl methyl sites for hydroxylation is 1. The van der Waals surface area contributed by atoms with Crippen LogP contribution in [0.2, 0.25) is 0 Å². The topological polar surface area (TPSA) is 29.1 Å². The lowest BCUT2D eigenvalue weighted by Gasteiger charge is -2.04. The van der Waals surface area contributed by atoms with Crippen molar-refractivity contribution in [2.75, 3.05) is 5.32 Å². The van der Waals surface area contributed by atoms with Gasteiger partial charge in [0.2, 0.25) is 5.91 Å². The summed E-state index contributed by atoms with van der Waals surface area (Å²) in [7, 11) is 2.63. The normalized spacial score (nSPS) is 9.58. The zero-order valence-electron chi connectivity index (χ0n) is 7.22. The molecule has 1 aromatic rings. The van der Waals surface area contributed by atoms with E-state index in [1.807, 2.05) is 25.1 Å². The van der Waals surface area contributed by atoms with Crippen molar-refractivity contribution in [3.63, 3.8) is 0 Å². The molecule has 0 spiro atoms. The summed E-state index contributed by atoms with van der Waals surface area (Å²) in [5.74, 6) is -0.0387. The maximum atomic E-state index is 10.7. The van der Waals surface area contributed by atoms with Crippen molar-refractivity contribution in [3.8, 4) is 0 Å². The van der Waals surface area contributed by atoms with Crippen LogP contribution in [0.1, 0.15) is 12.5 Å². The third kappa shape index (κ3) is 2.31. The molecule has 64 valence electrons. The van der Waals surface area contributed by atoms with Crippen molar-refractivity contribution in [3.05, 3.63) is 23.8 Å². The van der Waals surface area contributed by atoms with Crippen LogP contribution in [0.5, 0.6) is 0 Å². The first kappa shape index (κ1) is 9.21. The van der Waals surface area contributed by atoms with Crippen molar-refractivity contribution >= 4 is 26.1 Å². The molecule has 1 N–H and O–H groups in total. The molecule has 0 saturated carbocycles. The third-order valence-electron chi connectivity index (χ3n) is 1.60. The molecule has 1 aromatic carbocycles. The van der Waals surface area contributed by atoms with E-state index in [1.54, 1.807) is 0 Å². The second-order valence-corrected chi connectivity index (χ2v) is 3.37. The van der Waals surface area contributed by atoms with Crippen LogP contribution in [-0.2, 0) is 4.79 Å². The quantitative estimate of drug-likeness (QED) is 0.653. The zero-order valence-corrected chi connectivity index (χ0v) is 8.37. The van der Waals surface area contributed by atoms with Crippen molar-refractivity contribution in [2.24, 2.45) is 0 Å². The van der Waals surface area contributed by atoms with Crippen LogP contribution in [0.3, 0.4) is 0 Å². The average Bonchev–Trinajstić information content (AvgIpc) is 1.96. The highest BCUT2D eigenvalue weighted by Crippen LogP contribution is 2.08. The molecular formula is C9H12NOP. The zero-order chi connectivity index (χ0) is 9.14. The average molecular weight is 181 g/mol. The monoisotopic (exact) mass is 181 g/mol. The molecule has 1 rings (SSSR count). The lowest BCUT2D eigenvalue weighted by Crippen LogP contribution is -2.08. The third-order valence-corrected chi connectivity index (χ3v) is 2.22. The second kappa shape index (κ2) is 3.68. The van der Waals surface area contributed by atoms with Gasteiger partial charge in [-0.05, 0) is 29.9 Å². The Kier molecular flexibility index (Phi) is 2.83. The predicted molar refractivity (Wildman–Crippen MR) is 54.8 cm³/mol. The van der Waals surface area contributed by atoms with E-state index in [0.29, 0.717) is 0 Å². The maximum Gasteiger partial charge on any atom is 0.221 e. The maximum absolute atomic E-state index is 10.7. The van der Waals surface area contributed by atoms with E-state index < -0.39 is 0 Å². The molecule has 0 radical (unpaired) electrons. The van der Waals surface area contributed by atoms with Gasteiger partial charge < -0.3 is 5.32 Å². The van der Waals surface area contributed by atoms with Crippen molar-refractivity contribution in [1.82, 2.24) is 0 Å². The minimum absolute atomic E-state index is 0.0387. The Bertz CT molecular complexity index is 309. The van der Waals surface area contributed by atoms with Gasteiger partial charge in [-0.15, -0.1) is 9.24 Å². The lowest BCUT2D eigenvalue weighted by atomic mass is 10.2. The van der Waals surface area contributed by atoms with E-state index in [9.17, 15) is 4.79 Å². The summed E-state index contributed by atoms with van der Waals surface area (Å²) in [6.07, 6.45) is 0. The Labute approximate surface area is 74.6 Å². The smallest absolute Gasteiger partial charge is 0.221 e. The van der Waals surface area contributed by atoms with Gasteiger partial charge in [0.05, 0.1) is 0 Å². The summed E-state index contributed by atoms with van der Waals surface area (Å²) >= 11 is 0. The Hall–Kier alpha value is -0.880. The molecule has 12 heavy (non-hydrogen) atoms. The van der Waals surface area contributed by atoms with E-state index in [4.69, 9.17) is 0 Å². The van der Waals surface area contributed by atoms with Crippen molar-refractivity contribution < 1.29 is 4.79 Å². The molecule has 0 heterocycles. The fourth-order valence-corrected chi connectivity index (χ4v) is 1.20. The largest absolute Gasteiger partial charge is 0.326 e. The van der Waals surface area contributed by atoms with Gasteiger partial charge >= 0.3 is 0 Å². The number of benzene rings is 1. The van der Waals surface area contributed by atoms with Gasteiger partial charge in [-0.25, -0.2) is 0 Å². The van der Waals surface area contributed by atoms with Gasteiger partial charge in [0.25, 0.3) is 0 Å². The summed E-state index contributed by atoms with van der Waals surface area (Å²) in [6, 6.07) is 5.80. The highest BCUT2D eigenvalue weighted by atomic mass is 31.0. The van der Waals surface area contributed by atoms with Gasteiger partial charge in [0, 0.05) is 12.6 Å². The van der Waals surface area contributed by atoms with Crippen molar-refractivity contribution in [2.45, 2.75) is 13.8 Å². The van der Waals surface area contributed by atoms with E-state index >= 15 is 0 Å². The van der Waals surface area contributed by atoms with E-state index in [-0.39, 0.29) is 5.91 Å². The number of anilines is 1. The van der Waals surface area contributed by atoms with E-state index in [0.717, 1.165) is 11.0 Å². The Morgan fingerprint density at radius 2 is 2.17 bits per heavy atom. The van der Waals surface area contributed by atoms with Crippen LogP contribution in [0.25, 0.3) is 0 Å². The van der Waals surface area contributed by atoms with Crippen molar-refractivity contribution in [1.29, 1.82) is 0 Å². The minimum atomic E-state index is -0.0387. The number of nitrogens with one attached hydrogen (secondary N) is 1. The Morgan fingerprint density at radius 1 is 1.50 bits per heavy atom. The molecule has 1 unspecified atom stereocenters. The molecule has 1 amide bonds. The van der Waals surface area contributed by atoms with Crippen LogP contribution >= 0.6 is 9.24 Å². The molecule has 0 aliphatic heterocycles. The number of amides is 1. The van der Waals surface area contributed by atoms with Gasteiger partial charge in [0.15, 0.2) is 0 Å². The lowest BCUT2D eigenvalue weighted by molar-refractivity contribution is -0.114. The first-order valence-corrected chi connectivity index (χ1v) is 4.31. The number of carbonyl (C=O) groups excluding carboxylic acids is 1. The van der Waals surface area contributed by atoms with Gasteiger partial charge in [0.1, 0.15) is 0 Å².